The van der Waals surface area contributed by atoms with E-state index in [0.29, 0.717) is 35.0 Å². The van der Waals surface area contributed by atoms with Crippen LogP contribution < -0.4 is 5.32 Å². The second kappa shape index (κ2) is 7.05. The first-order valence-electron chi connectivity index (χ1n) is 8.59. The van der Waals surface area contributed by atoms with Crippen LogP contribution in [-0.2, 0) is 11.8 Å². The molecule has 7 heteroatoms. The zero-order chi connectivity index (χ0) is 18.1. The molecule has 1 aliphatic heterocycles. The van der Waals surface area contributed by atoms with Crippen molar-refractivity contribution in [2.75, 3.05) is 13.2 Å². The Hall–Kier alpha value is -2.44. The Labute approximate surface area is 156 Å². The molecule has 1 N–H and O–H groups in total. The summed E-state index contributed by atoms with van der Waals surface area (Å²) in [5.41, 5.74) is 2.72. The third kappa shape index (κ3) is 3.18. The number of ether oxygens (including phenoxy) is 1. The topological polar surface area (TPSA) is 69.0 Å². The van der Waals surface area contributed by atoms with E-state index in [1.165, 1.54) is 0 Å². The van der Waals surface area contributed by atoms with Crippen LogP contribution in [0.2, 0.25) is 5.02 Å². The van der Waals surface area contributed by atoms with Gasteiger partial charge in [-0.15, -0.1) is 0 Å². The third-order valence-corrected chi connectivity index (χ3v) is 4.97. The van der Waals surface area contributed by atoms with Crippen LogP contribution in [0, 0.1) is 0 Å². The molecule has 1 fully saturated rings. The Kier molecular flexibility index (Phi) is 4.61. The van der Waals surface area contributed by atoms with E-state index in [-0.39, 0.29) is 11.9 Å². The van der Waals surface area contributed by atoms with Crippen molar-refractivity contribution in [2.24, 2.45) is 7.05 Å². The van der Waals surface area contributed by atoms with Crippen LogP contribution >= 0.6 is 11.6 Å². The van der Waals surface area contributed by atoms with Crippen molar-refractivity contribution in [1.29, 1.82) is 0 Å². The number of pyridine rings is 1. The van der Waals surface area contributed by atoms with E-state index >= 15 is 0 Å². The molecule has 1 aliphatic rings. The zero-order valence-electron chi connectivity index (χ0n) is 14.4. The monoisotopic (exact) mass is 370 g/mol. The maximum atomic E-state index is 12.5. The van der Waals surface area contributed by atoms with Gasteiger partial charge in [-0.25, -0.2) is 9.97 Å². The minimum absolute atomic E-state index is 0.128. The summed E-state index contributed by atoms with van der Waals surface area (Å²) in [6.07, 6.45) is 3.26. The van der Waals surface area contributed by atoms with Crippen molar-refractivity contribution >= 4 is 28.7 Å². The number of aromatic nitrogens is 3. The molecule has 1 saturated heterocycles. The summed E-state index contributed by atoms with van der Waals surface area (Å²) in [7, 11) is 1.89. The highest BCUT2D eigenvalue weighted by Crippen LogP contribution is 2.28. The Bertz CT molecular complexity index is 963. The second-order valence-corrected chi connectivity index (χ2v) is 6.81. The summed E-state index contributed by atoms with van der Waals surface area (Å²) in [5.74, 6) is 0.594. The SMILES string of the molecule is Cn1c(-c2ccccc2Cl)nc2cc(C(=O)NC3CCOCC3)cnc21. The molecule has 3 heterocycles. The highest BCUT2D eigenvalue weighted by atomic mass is 35.5. The van der Waals surface area contributed by atoms with Gasteiger partial charge in [-0.2, -0.15) is 0 Å². The predicted molar refractivity (Wildman–Crippen MR) is 100 cm³/mol. The molecule has 0 spiro atoms. The lowest BCUT2D eigenvalue weighted by Crippen LogP contribution is -2.38. The first-order valence-corrected chi connectivity index (χ1v) is 8.97. The van der Waals surface area contributed by atoms with Gasteiger partial charge in [-0.05, 0) is 31.0 Å². The number of nitrogens with zero attached hydrogens (tertiary/aromatic N) is 3. The Morgan fingerprint density at radius 3 is 2.85 bits per heavy atom. The average molecular weight is 371 g/mol. The third-order valence-electron chi connectivity index (χ3n) is 4.64. The average Bonchev–Trinajstić information content (AvgIpc) is 2.99. The van der Waals surface area contributed by atoms with Gasteiger partial charge in [0.25, 0.3) is 5.91 Å². The molecular weight excluding hydrogens is 352 g/mol. The van der Waals surface area contributed by atoms with Gasteiger partial charge in [-0.1, -0.05) is 23.7 Å². The summed E-state index contributed by atoms with van der Waals surface area (Å²) in [4.78, 5) is 21.6. The maximum Gasteiger partial charge on any atom is 0.253 e. The zero-order valence-corrected chi connectivity index (χ0v) is 15.2. The van der Waals surface area contributed by atoms with Gasteiger partial charge in [0, 0.05) is 38.1 Å². The summed E-state index contributed by atoms with van der Waals surface area (Å²) in [5, 5.41) is 3.68. The highest BCUT2D eigenvalue weighted by molar-refractivity contribution is 6.33. The summed E-state index contributed by atoms with van der Waals surface area (Å²) in [6.45, 7) is 1.37. The molecule has 0 aliphatic carbocycles. The van der Waals surface area contributed by atoms with Gasteiger partial charge in [-0.3, -0.25) is 4.79 Å². The smallest absolute Gasteiger partial charge is 0.253 e. The van der Waals surface area contributed by atoms with Crippen molar-refractivity contribution in [3.63, 3.8) is 0 Å². The number of hydrogen-bond acceptors (Lipinski definition) is 4. The Balaban J connectivity index is 1.65. The molecule has 4 rings (SSSR count). The number of amides is 1. The summed E-state index contributed by atoms with van der Waals surface area (Å²) < 4.78 is 7.21. The van der Waals surface area contributed by atoms with Gasteiger partial charge in [0.05, 0.1) is 10.6 Å². The quantitative estimate of drug-likeness (QED) is 0.768. The van der Waals surface area contributed by atoms with E-state index < -0.39 is 0 Å². The predicted octanol–water partition coefficient (Wildman–Crippen LogP) is 3.20. The standard InChI is InChI=1S/C19H19ClN4O2/c1-24-17(14-4-2-3-5-15(14)20)23-16-10-12(11-21-18(16)24)19(25)22-13-6-8-26-9-7-13/h2-5,10-11,13H,6-9H2,1H3,(H,22,25). The second-order valence-electron chi connectivity index (χ2n) is 6.40. The molecule has 0 bridgehead atoms. The fourth-order valence-corrected chi connectivity index (χ4v) is 3.41. The lowest BCUT2D eigenvalue weighted by molar-refractivity contribution is 0.0696. The van der Waals surface area contributed by atoms with Crippen LogP contribution in [0.5, 0.6) is 0 Å². The molecule has 0 unspecified atom stereocenters. The van der Waals surface area contributed by atoms with Gasteiger partial charge in [0.15, 0.2) is 5.65 Å². The lowest BCUT2D eigenvalue weighted by atomic mass is 10.1. The lowest BCUT2D eigenvalue weighted by Gasteiger charge is -2.23. The Morgan fingerprint density at radius 1 is 1.31 bits per heavy atom. The van der Waals surface area contributed by atoms with Crippen molar-refractivity contribution in [2.45, 2.75) is 18.9 Å². The molecule has 2 aromatic heterocycles. The first-order chi connectivity index (χ1) is 12.6. The molecule has 0 radical (unpaired) electrons. The van der Waals surface area contributed by atoms with Crippen molar-refractivity contribution in [3.05, 3.63) is 47.1 Å². The Morgan fingerprint density at radius 2 is 2.08 bits per heavy atom. The minimum atomic E-state index is -0.128. The van der Waals surface area contributed by atoms with Gasteiger partial charge >= 0.3 is 0 Å². The van der Waals surface area contributed by atoms with Crippen molar-refractivity contribution in [3.8, 4) is 11.4 Å². The van der Waals surface area contributed by atoms with Crippen molar-refractivity contribution in [1.82, 2.24) is 19.9 Å². The van der Waals surface area contributed by atoms with Crippen molar-refractivity contribution < 1.29 is 9.53 Å². The number of nitrogens with one attached hydrogen (secondary N) is 1. The number of halogens is 1. The van der Waals surface area contributed by atoms with Crippen LogP contribution in [0.3, 0.4) is 0 Å². The van der Waals surface area contributed by atoms with Crippen LogP contribution in [-0.4, -0.2) is 39.7 Å². The number of rotatable bonds is 3. The van der Waals surface area contributed by atoms with Gasteiger partial charge in [0.1, 0.15) is 11.3 Å². The molecule has 26 heavy (non-hydrogen) atoms. The number of benzene rings is 1. The maximum absolute atomic E-state index is 12.5. The molecule has 1 aromatic carbocycles. The molecule has 134 valence electrons. The normalized spacial score (nSPS) is 15.3. The highest BCUT2D eigenvalue weighted by Gasteiger charge is 2.19. The molecule has 6 nitrogen and oxygen atoms in total. The first kappa shape index (κ1) is 17.0. The number of fused-ring (bicyclic) bond motifs is 1. The largest absolute Gasteiger partial charge is 0.381 e. The van der Waals surface area contributed by atoms with Gasteiger partial charge in [0.2, 0.25) is 0 Å². The molecule has 0 saturated carbocycles. The number of carbonyl (C=O) groups is 1. The fourth-order valence-electron chi connectivity index (χ4n) is 3.19. The number of aryl methyl sites for hydroxylation is 1. The van der Waals surface area contributed by atoms with E-state index in [2.05, 4.69) is 15.3 Å². The van der Waals surface area contributed by atoms with E-state index in [0.717, 1.165) is 24.2 Å². The fraction of sp³-hybridized carbons (Fsp3) is 0.316. The van der Waals surface area contributed by atoms with E-state index in [1.54, 1.807) is 12.3 Å². The van der Waals surface area contributed by atoms with Gasteiger partial charge < -0.3 is 14.6 Å². The van der Waals surface area contributed by atoms with E-state index in [4.69, 9.17) is 16.3 Å². The number of carbonyl (C=O) groups excluding carboxylic acids is 1. The van der Waals surface area contributed by atoms with Crippen LogP contribution in [0.15, 0.2) is 36.5 Å². The molecule has 3 aromatic rings. The summed E-state index contributed by atoms with van der Waals surface area (Å²) in [6, 6.07) is 9.47. The van der Waals surface area contributed by atoms with Crippen LogP contribution in [0.25, 0.3) is 22.6 Å². The molecular formula is C19H19ClN4O2. The molecule has 0 atom stereocenters. The number of hydrogen-bond donors (Lipinski definition) is 1. The van der Waals surface area contributed by atoms with Crippen LogP contribution in [0.1, 0.15) is 23.2 Å². The number of imidazole rings is 1. The van der Waals surface area contributed by atoms with E-state index in [1.807, 2.05) is 35.9 Å². The molecule has 1 amide bonds. The van der Waals surface area contributed by atoms with Crippen LogP contribution in [0.4, 0.5) is 0 Å². The summed E-state index contributed by atoms with van der Waals surface area (Å²) >= 11 is 6.30. The van der Waals surface area contributed by atoms with E-state index in [9.17, 15) is 4.79 Å². The minimum Gasteiger partial charge on any atom is -0.381 e.